The molecule has 0 saturated carbocycles. The Bertz CT molecular complexity index is 1240. The first-order valence-electron chi connectivity index (χ1n) is 8.31. The number of thiophene rings is 1. The largest absolute Gasteiger partial charge is 0.438 e. The summed E-state index contributed by atoms with van der Waals surface area (Å²) >= 11 is 6.80. The molecule has 8 nitrogen and oxygen atoms in total. The summed E-state index contributed by atoms with van der Waals surface area (Å²) in [7, 11) is -3.68. The number of hydrogen-bond donors (Lipinski definition) is 1. The Kier molecular flexibility index (Phi) is 5.22. The highest BCUT2D eigenvalue weighted by molar-refractivity contribution is 7.94. The fourth-order valence-corrected chi connectivity index (χ4v) is 5.02. The summed E-state index contributed by atoms with van der Waals surface area (Å²) < 4.78 is 35.2. The lowest BCUT2D eigenvalue weighted by atomic mass is 10.3. The smallest absolute Gasteiger partial charge is 0.271 e. The summed E-state index contributed by atoms with van der Waals surface area (Å²) in [6.07, 6.45) is 3.48. The quantitative estimate of drug-likeness (QED) is 0.473. The van der Waals surface area contributed by atoms with Crippen molar-refractivity contribution in [2.75, 3.05) is 4.72 Å². The lowest BCUT2D eigenvalue weighted by Gasteiger charge is -2.08. The van der Waals surface area contributed by atoms with Crippen molar-refractivity contribution in [2.24, 2.45) is 0 Å². The zero-order valence-corrected chi connectivity index (χ0v) is 17.4. The van der Waals surface area contributed by atoms with Crippen LogP contribution in [-0.4, -0.2) is 28.2 Å². The second kappa shape index (κ2) is 7.82. The first-order chi connectivity index (χ1) is 13.9. The van der Waals surface area contributed by atoms with Gasteiger partial charge in [0.2, 0.25) is 5.88 Å². The maximum absolute atomic E-state index is 12.3. The van der Waals surface area contributed by atoms with Gasteiger partial charge >= 0.3 is 0 Å². The van der Waals surface area contributed by atoms with Gasteiger partial charge in [0, 0.05) is 24.1 Å². The summed E-state index contributed by atoms with van der Waals surface area (Å²) in [5.74, 6) is 2.24. The monoisotopic (exact) mass is 447 g/mol. The van der Waals surface area contributed by atoms with Gasteiger partial charge in [0.05, 0.1) is 4.34 Å². The number of halogens is 1. The molecule has 1 aromatic carbocycles. The van der Waals surface area contributed by atoms with E-state index in [1.54, 1.807) is 53.4 Å². The summed E-state index contributed by atoms with van der Waals surface area (Å²) in [6, 6.07) is 12.9. The van der Waals surface area contributed by atoms with E-state index in [4.69, 9.17) is 16.3 Å². The van der Waals surface area contributed by atoms with Gasteiger partial charge in [-0.3, -0.25) is 9.29 Å². The number of hydrogen-bond acceptors (Lipinski definition) is 7. The zero-order chi connectivity index (χ0) is 20.4. The van der Waals surface area contributed by atoms with Gasteiger partial charge in [-0.2, -0.15) is 0 Å². The van der Waals surface area contributed by atoms with Crippen molar-refractivity contribution in [1.82, 2.24) is 19.7 Å². The molecule has 4 rings (SSSR count). The van der Waals surface area contributed by atoms with Gasteiger partial charge in [-0.15, -0.1) is 21.5 Å². The highest BCUT2D eigenvalue weighted by Crippen LogP contribution is 2.28. The van der Waals surface area contributed by atoms with E-state index in [0.29, 0.717) is 27.5 Å². The highest BCUT2D eigenvalue weighted by Gasteiger charge is 2.16. The summed E-state index contributed by atoms with van der Waals surface area (Å²) in [5.41, 5.74) is 0.402. The minimum atomic E-state index is -3.68. The highest BCUT2D eigenvalue weighted by atomic mass is 35.5. The molecular formula is C18H14ClN5O3S2. The van der Waals surface area contributed by atoms with Crippen molar-refractivity contribution in [3.8, 4) is 17.4 Å². The molecule has 0 saturated heterocycles. The molecule has 3 aromatic heterocycles. The molecule has 1 N–H and O–H groups in total. The van der Waals surface area contributed by atoms with Gasteiger partial charge in [0.25, 0.3) is 10.0 Å². The number of sulfonamides is 1. The molecule has 0 radical (unpaired) electrons. The molecule has 0 aliphatic rings. The number of benzene rings is 1. The Hall–Kier alpha value is -2.95. The zero-order valence-electron chi connectivity index (χ0n) is 15.0. The van der Waals surface area contributed by atoms with Gasteiger partial charge in [-0.25, -0.2) is 13.4 Å². The van der Waals surface area contributed by atoms with E-state index in [1.807, 2.05) is 6.92 Å². The van der Waals surface area contributed by atoms with Crippen LogP contribution in [0.2, 0.25) is 4.34 Å². The van der Waals surface area contributed by atoms with E-state index in [9.17, 15) is 8.42 Å². The third kappa shape index (κ3) is 4.39. The first kappa shape index (κ1) is 19.4. The Balaban J connectivity index is 1.44. The normalized spacial score (nSPS) is 11.4. The van der Waals surface area contributed by atoms with E-state index in [1.165, 1.54) is 12.1 Å². The molecule has 4 aromatic rings. The van der Waals surface area contributed by atoms with Crippen LogP contribution in [0.15, 0.2) is 65.1 Å². The molecular weight excluding hydrogens is 434 g/mol. The van der Waals surface area contributed by atoms with E-state index >= 15 is 0 Å². The summed E-state index contributed by atoms with van der Waals surface area (Å²) in [4.78, 5) is 4.15. The lowest BCUT2D eigenvalue weighted by Crippen LogP contribution is -2.11. The van der Waals surface area contributed by atoms with Crippen molar-refractivity contribution in [1.29, 1.82) is 0 Å². The second-order valence-corrected chi connectivity index (χ2v) is 9.49. The third-order valence-corrected chi connectivity index (χ3v) is 6.95. The van der Waals surface area contributed by atoms with Crippen LogP contribution in [0.3, 0.4) is 0 Å². The van der Waals surface area contributed by atoms with Crippen molar-refractivity contribution in [3.05, 3.63) is 71.1 Å². The molecule has 0 bridgehead atoms. The van der Waals surface area contributed by atoms with E-state index in [2.05, 4.69) is 19.9 Å². The Morgan fingerprint density at radius 2 is 1.86 bits per heavy atom. The van der Waals surface area contributed by atoms with Gasteiger partial charge in [-0.05, 0) is 49.4 Å². The van der Waals surface area contributed by atoms with Crippen molar-refractivity contribution < 1.29 is 13.2 Å². The molecule has 11 heteroatoms. The van der Waals surface area contributed by atoms with Crippen LogP contribution in [0.5, 0.6) is 11.6 Å². The number of imidazole rings is 1. The molecule has 0 atom stereocenters. The van der Waals surface area contributed by atoms with Crippen LogP contribution in [0, 0.1) is 6.92 Å². The number of nitrogens with one attached hydrogen (secondary N) is 1. The van der Waals surface area contributed by atoms with E-state index in [0.717, 1.165) is 17.2 Å². The topological polar surface area (TPSA) is 99.0 Å². The fourth-order valence-electron chi connectivity index (χ4n) is 2.48. The average Bonchev–Trinajstić information content (AvgIpc) is 3.33. The summed E-state index contributed by atoms with van der Waals surface area (Å²) in [5, 5.41) is 8.18. The van der Waals surface area contributed by atoms with Crippen LogP contribution >= 0.6 is 22.9 Å². The number of nitrogens with zero attached hydrogens (tertiary/aromatic N) is 4. The minimum Gasteiger partial charge on any atom is -0.438 e. The molecule has 0 unspecified atom stereocenters. The van der Waals surface area contributed by atoms with Crippen molar-refractivity contribution in [2.45, 2.75) is 11.1 Å². The number of anilines is 1. The lowest BCUT2D eigenvalue weighted by molar-refractivity contribution is 0.454. The number of ether oxygens (including phenoxy) is 1. The van der Waals surface area contributed by atoms with E-state index < -0.39 is 10.0 Å². The molecule has 148 valence electrons. The molecule has 0 fully saturated rings. The average molecular weight is 448 g/mol. The Morgan fingerprint density at radius 3 is 2.45 bits per heavy atom. The Labute approximate surface area is 175 Å². The van der Waals surface area contributed by atoms with Crippen LogP contribution in [0.25, 0.3) is 5.82 Å². The van der Waals surface area contributed by atoms with Gasteiger partial charge < -0.3 is 4.74 Å². The molecule has 0 amide bonds. The van der Waals surface area contributed by atoms with Gasteiger partial charge in [0.15, 0.2) is 5.82 Å². The van der Waals surface area contributed by atoms with Crippen LogP contribution in [0.1, 0.15) is 5.82 Å². The number of aryl methyl sites for hydroxylation is 1. The van der Waals surface area contributed by atoms with Crippen LogP contribution < -0.4 is 9.46 Å². The number of aromatic nitrogens is 4. The van der Waals surface area contributed by atoms with Gasteiger partial charge in [-0.1, -0.05) is 11.6 Å². The number of rotatable bonds is 6. The predicted octanol–water partition coefficient (Wildman–Crippen LogP) is 4.28. The van der Waals surface area contributed by atoms with Crippen molar-refractivity contribution in [3.63, 3.8) is 0 Å². The molecule has 3 heterocycles. The van der Waals surface area contributed by atoms with Crippen LogP contribution in [-0.2, 0) is 10.0 Å². The summed E-state index contributed by atoms with van der Waals surface area (Å²) in [6.45, 7) is 1.87. The van der Waals surface area contributed by atoms with Gasteiger partial charge in [0.1, 0.15) is 15.8 Å². The molecule has 0 aliphatic heterocycles. The standard InChI is InChI=1S/C18H14ClN5O3S2/c1-12-20-10-11-24(12)16-7-8-17(22-21-16)27-14-4-2-13(3-5-14)23-29(25,26)18-9-6-15(19)28-18/h2-11,23H,1H3. The first-order valence-corrected chi connectivity index (χ1v) is 11.0. The Morgan fingerprint density at radius 1 is 1.07 bits per heavy atom. The molecule has 0 spiro atoms. The third-order valence-electron chi connectivity index (χ3n) is 3.84. The molecule has 0 aliphatic carbocycles. The van der Waals surface area contributed by atoms with Crippen LogP contribution in [0.4, 0.5) is 5.69 Å². The van der Waals surface area contributed by atoms with Crippen molar-refractivity contribution >= 4 is 38.6 Å². The maximum Gasteiger partial charge on any atom is 0.271 e. The second-order valence-electron chi connectivity index (χ2n) is 5.86. The minimum absolute atomic E-state index is 0.145. The fraction of sp³-hybridized carbons (Fsp3) is 0.0556. The SMILES string of the molecule is Cc1nccn1-c1ccc(Oc2ccc(NS(=O)(=O)c3ccc(Cl)s3)cc2)nn1. The maximum atomic E-state index is 12.3. The predicted molar refractivity (Wildman–Crippen MR) is 111 cm³/mol. The molecule has 29 heavy (non-hydrogen) atoms. The van der Waals surface area contributed by atoms with E-state index in [-0.39, 0.29) is 4.21 Å².